The van der Waals surface area contributed by atoms with Crippen molar-refractivity contribution in [3.05, 3.63) is 58.1 Å². The first-order chi connectivity index (χ1) is 9.76. The Hall–Kier alpha value is -2.02. The fourth-order valence-electron chi connectivity index (χ4n) is 1.73. The van der Waals surface area contributed by atoms with E-state index in [1.807, 2.05) is 0 Å². The Morgan fingerprint density at radius 1 is 1.14 bits per heavy atom. The van der Waals surface area contributed by atoms with Gasteiger partial charge >= 0.3 is 6.36 Å². The van der Waals surface area contributed by atoms with Crippen LogP contribution in [-0.2, 0) is 0 Å². The Balaban J connectivity index is 2.33. The van der Waals surface area contributed by atoms with Crippen LogP contribution in [0.4, 0.5) is 18.9 Å². The molecule has 21 heavy (non-hydrogen) atoms. The van der Waals surface area contributed by atoms with Crippen LogP contribution in [-0.4, -0.2) is 12.1 Å². The third kappa shape index (κ3) is 3.98. The number of halogens is 4. The molecule has 0 saturated heterocycles. The van der Waals surface area contributed by atoms with Gasteiger partial charge in [0.1, 0.15) is 5.75 Å². The maximum atomic E-state index is 12.3. The lowest BCUT2D eigenvalue weighted by Gasteiger charge is -2.10. The first-order valence-corrected chi connectivity index (χ1v) is 6.51. The lowest BCUT2D eigenvalue weighted by molar-refractivity contribution is -0.274. The Kier molecular flexibility index (Phi) is 4.22. The van der Waals surface area contributed by atoms with Crippen molar-refractivity contribution in [2.24, 2.45) is 0 Å². The molecule has 0 amide bonds. The number of hydrogen-bond donors (Lipinski definition) is 1. The molecule has 0 radical (unpaired) electrons. The van der Waals surface area contributed by atoms with Crippen LogP contribution < -0.4 is 10.5 Å². The standard InChI is InChI=1S/C14H9BrF3NO2/c15-9-4-5-11(12(19)7-9)13(20)8-2-1-3-10(6-8)21-14(16,17)18/h1-7H,19H2. The van der Waals surface area contributed by atoms with Gasteiger partial charge in [0.25, 0.3) is 0 Å². The van der Waals surface area contributed by atoms with Crippen molar-refractivity contribution in [3.63, 3.8) is 0 Å². The smallest absolute Gasteiger partial charge is 0.406 e. The number of ketones is 1. The van der Waals surface area contributed by atoms with Crippen LogP contribution >= 0.6 is 15.9 Å². The summed E-state index contributed by atoms with van der Waals surface area (Å²) in [5.74, 6) is -0.934. The molecule has 2 N–H and O–H groups in total. The van der Waals surface area contributed by atoms with Crippen LogP contribution in [0.3, 0.4) is 0 Å². The van der Waals surface area contributed by atoms with E-state index in [1.54, 1.807) is 12.1 Å². The summed E-state index contributed by atoms with van der Waals surface area (Å²) in [5, 5.41) is 0. The number of nitrogens with two attached hydrogens (primary N) is 1. The van der Waals surface area contributed by atoms with Crippen LogP contribution in [0.15, 0.2) is 46.9 Å². The minimum absolute atomic E-state index is 0.0609. The highest BCUT2D eigenvalue weighted by atomic mass is 79.9. The molecular formula is C14H9BrF3NO2. The third-order valence-corrected chi connectivity index (χ3v) is 3.08. The maximum absolute atomic E-state index is 12.3. The molecule has 110 valence electrons. The summed E-state index contributed by atoms with van der Waals surface area (Å²) in [4.78, 5) is 12.3. The molecule has 0 aromatic heterocycles. The second-order valence-electron chi connectivity index (χ2n) is 4.14. The number of benzene rings is 2. The molecule has 2 aromatic rings. The fourth-order valence-corrected chi connectivity index (χ4v) is 2.11. The van der Waals surface area contributed by atoms with Crippen molar-refractivity contribution < 1.29 is 22.7 Å². The van der Waals surface area contributed by atoms with Gasteiger partial charge in [-0.1, -0.05) is 28.1 Å². The molecule has 7 heteroatoms. The van der Waals surface area contributed by atoms with Crippen molar-refractivity contribution in [1.29, 1.82) is 0 Å². The summed E-state index contributed by atoms with van der Waals surface area (Å²) in [5.41, 5.74) is 6.24. The average Bonchev–Trinajstić information content (AvgIpc) is 2.36. The number of hydrogen-bond acceptors (Lipinski definition) is 3. The molecule has 3 nitrogen and oxygen atoms in total. The van der Waals surface area contributed by atoms with Crippen molar-refractivity contribution in [2.75, 3.05) is 5.73 Å². The molecule has 2 aromatic carbocycles. The van der Waals surface area contributed by atoms with E-state index in [9.17, 15) is 18.0 Å². The topological polar surface area (TPSA) is 52.3 Å². The van der Waals surface area contributed by atoms with Crippen LogP contribution in [0.25, 0.3) is 0 Å². The zero-order valence-electron chi connectivity index (χ0n) is 10.4. The van der Waals surface area contributed by atoms with Gasteiger partial charge in [0.2, 0.25) is 0 Å². The van der Waals surface area contributed by atoms with Gasteiger partial charge in [0.15, 0.2) is 5.78 Å². The van der Waals surface area contributed by atoms with Crippen molar-refractivity contribution in [3.8, 4) is 5.75 Å². The Bertz CT molecular complexity index is 686. The minimum Gasteiger partial charge on any atom is -0.406 e. The van der Waals surface area contributed by atoms with Gasteiger partial charge in [-0.05, 0) is 30.3 Å². The van der Waals surface area contributed by atoms with Gasteiger partial charge in [-0.25, -0.2) is 0 Å². The van der Waals surface area contributed by atoms with E-state index in [4.69, 9.17) is 5.73 Å². The van der Waals surface area contributed by atoms with Gasteiger partial charge in [-0.15, -0.1) is 13.2 Å². The highest BCUT2D eigenvalue weighted by Crippen LogP contribution is 2.26. The number of ether oxygens (including phenoxy) is 1. The quantitative estimate of drug-likeness (QED) is 0.661. The summed E-state index contributed by atoms with van der Waals surface area (Å²) in [6.07, 6.45) is -4.81. The number of nitrogen functional groups attached to an aromatic ring is 1. The van der Waals surface area contributed by atoms with E-state index in [0.29, 0.717) is 4.47 Å². The van der Waals surface area contributed by atoms with Gasteiger partial charge in [-0.2, -0.15) is 0 Å². The molecule has 0 atom stereocenters. The van der Waals surface area contributed by atoms with E-state index >= 15 is 0 Å². The van der Waals surface area contributed by atoms with Gasteiger partial charge < -0.3 is 10.5 Å². The maximum Gasteiger partial charge on any atom is 0.573 e. The van der Waals surface area contributed by atoms with Crippen molar-refractivity contribution in [1.82, 2.24) is 0 Å². The van der Waals surface area contributed by atoms with E-state index in [-0.39, 0.29) is 16.8 Å². The van der Waals surface area contributed by atoms with E-state index in [2.05, 4.69) is 20.7 Å². The Morgan fingerprint density at radius 3 is 2.48 bits per heavy atom. The number of carbonyl (C=O) groups is 1. The zero-order chi connectivity index (χ0) is 15.6. The highest BCUT2D eigenvalue weighted by Gasteiger charge is 2.31. The van der Waals surface area contributed by atoms with Crippen LogP contribution in [0.2, 0.25) is 0 Å². The molecule has 0 aliphatic rings. The monoisotopic (exact) mass is 359 g/mol. The average molecular weight is 360 g/mol. The summed E-state index contributed by atoms with van der Waals surface area (Å²) in [6, 6.07) is 9.52. The summed E-state index contributed by atoms with van der Waals surface area (Å²) < 4.78 is 41.0. The SMILES string of the molecule is Nc1cc(Br)ccc1C(=O)c1cccc(OC(F)(F)F)c1. The number of alkyl halides is 3. The molecule has 0 aliphatic carbocycles. The van der Waals surface area contributed by atoms with Crippen molar-refractivity contribution in [2.45, 2.75) is 6.36 Å². The number of anilines is 1. The largest absolute Gasteiger partial charge is 0.573 e. The van der Waals surface area contributed by atoms with Crippen LogP contribution in [0.1, 0.15) is 15.9 Å². The molecule has 0 saturated carbocycles. The normalized spacial score (nSPS) is 11.2. The van der Waals surface area contributed by atoms with Gasteiger partial charge in [0.05, 0.1) is 0 Å². The summed E-state index contributed by atoms with van der Waals surface area (Å²) >= 11 is 3.21. The van der Waals surface area contributed by atoms with Gasteiger partial charge in [-0.3, -0.25) is 4.79 Å². The molecular weight excluding hydrogens is 351 g/mol. The molecule has 0 heterocycles. The molecule has 2 rings (SSSR count). The second kappa shape index (κ2) is 5.77. The molecule has 0 unspecified atom stereocenters. The summed E-state index contributed by atoms with van der Waals surface area (Å²) in [7, 11) is 0. The van der Waals surface area contributed by atoms with E-state index in [1.165, 1.54) is 18.2 Å². The molecule has 0 spiro atoms. The van der Waals surface area contributed by atoms with Gasteiger partial charge in [0, 0.05) is 21.3 Å². The molecule has 0 bridgehead atoms. The third-order valence-electron chi connectivity index (χ3n) is 2.59. The molecule has 0 fully saturated rings. The highest BCUT2D eigenvalue weighted by molar-refractivity contribution is 9.10. The zero-order valence-corrected chi connectivity index (χ0v) is 12.0. The first-order valence-electron chi connectivity index (χ1n) is 5.72. The van der Waals surface area contributed by atoms with E-state index < -0.39 is 17.9 Å². The molecule has 0 aliphatic heterocycles. The Morgan fingerprint density at radius 2 is 1.86 bits per heavy atom. The lowest BCUT2D eigenvalue weighted by atomic mass is 10.0. The predicted molar refractivity (Wildman–Crippen MR) is 75.1 cm³/mol. The lowest BCUT2D eigenvalue weighted by Crippen LogP contribution is -2.17. The van der Waals surface area contributed by atoms with Crippen LogP contribution in [0, 0.1) is 0 Å². The summed E-state index contributed by atoms with van der Waals surface area (Å²) in [6.45, 7) is 0. The number of carbonyl (C=O) groups excluding carboxylic acids is 1. The number of rotatable bonds is 3. The minimum atomic E-state index is -4.81. The fraction of sp³-hybridized carbons (Fsp3) is 0.0714. The Labute approximate surface area is 126 Å². The first kappa shape index (κ1) is 15.4. The van der Waals surface area contributed by atoms with Crippen molar-refractivity contribution >= 4 is 27.4 Å². The predicted octanol–water partition coefficient (Wildman–Crippen LogP) is 4.16. The second-order valence-corrected chi connectivity index (χ2v) is 5.05. The van der Waals surface area contributed by atoms with Crippen LogP contribution in [0.5, 0.6) is 5.75 Å². The van der Waals surface area contributed by atoms with E-state index in [0.717, 1.165) is 12.1 Å².